The van der Waals surface area contributed by atoms with E-state index in [0.29, 0.717) is 10.7 Å². The van der Waals surface area contributed by atoms with Crippen molar-refractivity contribution in [3.05, 3.63) is 41.0 Å². The molecule has 102 valence electrons. The number of para-hydroxylation sites is 1. The van der Waals surface area contributed by atoms with Crippen LogP contribution in [0.5, 0.6) is 0 Å². The van der Waals surface area contributed by atoms with Crippen molar-refractivity contribution in [3.8, 4) is 0 Å². The van der Waals surface area contributed by atoms with Crippen molar-refractivity contribution in [2.45, 2.75) is 6.54 Å². The van der Waals surface area contributed by atoms with Crippen molar-refractivity contribution in [2.24, 2.45) is 0 Å². The van der Waals surface area contributed by atoms with Crippen molar-refractivity contribution in [1.82, 2.24) is 9.88 Å². The largest absolute Gasteiger partial charge is 0.362 e. The molecule has 1 aliphatic heterocycles. The quantitative estimate of drug-likeness (QED) is 0.625. The maximum atomic E-state index is 11.7. The molecule has 0 bridgehead atoms. The van der Waals surface area contributed by atoms with Crippen LogP contribution in [0, 0.1) is 0 Å². The van der Waals surface area contributed by atoms with Crippen molar-refractivity contribution in [2.75, 3.05) is 13.2 Å². The van der Waals surface area contributed by atoms with Gasteiger partial charge in [-0.25, -0.2) is 4.98 Å². The van der Waals surface area contributed by atoms with Gasteiger partial charge in [0.15, 0.2) is 0 Å². The van der Waals surface area contributed by atoms with E-state index in [2.05, 4.69) is 4.98 Å². The molecule has 1 fully saturated rings. The van der Waals surface area contributed by atoms with Crippen LogP contribution in [0.3, 0.4) is 0 Å². The van der Waals surface area contributed by atoms with Gasteiger partial charge in [0.25, 0.3) is 11.8 Å². The van der Waals surface area contributed by atoms with Crippen LogP contribution in [0.4, 0.5) is 0 Å². The second-order valence-electron chi connectivity index (χ2n) is 4.50. The maximum Gasteiger partial charge on any atom is 0.255 e. The van der Waals surface area contributed by atoms with Crippen LogP contribution in [0.1, 0.15) is 5.56 Å². The highest BCUT2D eigenvalue weighted by atomic mass is 35.5. The molecule has 3 rings (SSSR count). The fourth-order valence-corrected chi connectivity index (χ4v) is 2.32. The predicted molar refractivity (Wildman–Crippen MR) is 73.1 cm³/mol. The lowest BCUT2D eigenvalue weighted by molar-refractivity contribution is -0.159. The minimum Gasteiger partial charge on any atom is -0.362 e. The van der Waals surface area contributed by atoms with Crippen molar-refractivity contribution in [1.29, 1.82) is 0 Å². The lowest BCUT2D eigenvalue weighted by Crippen LogP contribution is -2.45. The van der Waals surface area contributed by atoms with Crippen LogP contribution in [-0.4, -0.2) is 34.9 Å². The molecule has 1 aromatic carbocycles. The number of pyridine rings is 1. The van der Waals surface area contributed by atoms with E-state index in [1.54, 1.807) is 0 Å². The number of hydrogen-bond donors (Lipinski definition) is 0. The molecule has 0 aliphatic carbocycles. The first-order valence-corrected chi connectivity index (χ1v) is 6.48. The summed E-state index contributed by atoms with van der Waals surface area (Å²) in [7, 11) is 0. The number of fused-ring (bicyclic) bond motifs is 1. The summed E-state index contributed by atoms with van der Waals surface area (Å²) >= 11 is 6.13. The first kappa shape index (κ1) is 13.0. The summed E-state index contributed by atoms with van der Waals surface area (Å²) in [5, 5.41) is 1.22. The van der Waals surface area contributed by atoms with Crippen molar-refractivity contribution >= 4 is 34.3 Å². The van der Waals surface area contributed by atoms with E-state index in [-0.39, 0.29) is 31.6 Å². The van der Waals surface area contributed by atoms with Crippen LogP contribution in [-0.2, 0) is 20.9 Å². The third-order valence-corrected chi connectivity index (χ3v) is 3.46. The first-order chi connectivity index (χ1) is 9.65. The van der Waals surface area contributed by atoms with Gasteiger partial charge in [0.1, 0.15) is 18.4 Å². The van der Waals surface area contributed by atoms with E-state index < -0.39 is 0 Å². The summed E-state index contributed by atoms with van der Waals surface area (Å²) in [5.41, 5.74) is 1.43. The van der Waals surface area contributed by atoms with E-state index in [9.17, 15) is 9.59 Å². The molecule has 1 aromatic heterocycles. The molecule has 0 N–H and O–H groups in total. The lowest BCUT2D eigenvalue weighted by Gasteiger charge is -2.25. The molecule has 20 heavy (non-hydrogen) atoms. The molecular weight excluding hydrogens is 280 g/mol. The number of imide groups is 1. The maximum absolute atomic E-state index is 11.7. The number of amides is 2. The number of nitrogens with zero attached hydrogens (tertiary/aromatic N) is 2. The topological polar surface area (TPSA) is 59.5 Å². The van der Waals surface area contributed by atoms with Gasteiger partial charge in [-0.05, 0) is 12.1 Å². The second kappa shape index (κ2) is 5.19. The van der Waals surface area contributed by atoms with Crippen molar-refractivity contribution < 1.29 is 14.3 Å². The number of carbonyl (C=O) groups excluding carboxylic acids is 2. The predicted octanol–water partition coefficient (Wildman–Crippen LogP) is 1.77. The number of aromatic nitrogens is 1. The highest BCUT2D eigenvalue weighted by Gasteiger charge is 2.27. The van der Waals surface area contributed by atoms with E-state index in [4.69, 9.17) is 16.3 Å². The van der Waals surface area contributed by atoms with Gasteiger partial charge in [0.05, 0.1) is 12.1 Å². The number of carbonyl (C=O) groups is 2. The Morgan fingerprint density at radius 3 is 2.65 bits per heavy atom. The molecule has 2 heterocycles. The molecule has 1 saturated heterocycles. The molecular formula is C14H11ClN2O3. The van der Waals surface area contributed by atoms with E-state index >= 15 is 0 Å². The zero-order valence-electron chi connectivity index (χ0n) is 10.5. The minimum atomic E-state index is -0.356. The highest BCUT2D eigenvalue weighted by Crippen LogP contribution is 2.22. The van der Waals surface area contributed by atoms with E-state index in [1.807, 2.05) is 30.3 Å². The van der Waals surface area contributed by atoms with Crippen LogP contribution in [0.2, 0.25) is 5.15 Å². The Labute approximate surface area is 120 Å². The Balaban J connectivity index is 1.95. The number of benzene rings is 1. The summed E-state index contributed by atoms with van der Waals surface area (Å²) in [5.74, 6) is -0.712. The Kier molecular flexibility index (Phi) is 3.38. The molecule has 2 amide bonds. The Hall–Kier alpha value is -1.98. The smallest absolute Gasteiger partial charge is 0.255 e. The van der Waals surface area contributed by atoms with Crippen LogP contribution >= 0.6 is 11.6 Å². The fourth-order valence-electron chi connectivity index (χ4n) is 2.11. The van der Waals surface area contributed by atoms with Gasteiger partial charge in [-0.3, -0.25) is 14.5 Å². The number of halogens is 1. The molecule has 6 heteroatoms. The number of ether oxygens (including phenoxy) is 1. The van der Waals surface area contributed by atoms with Crippen molar-refractivity contribution in [3.63, 3.8) is 0 Å². The minimum absolute atomic E-state index is 0.0790. The van der Waals surface area contributed by atoms with Gasteiger partial charge in [-0.1, -0.05) is 29.8 Å². The van der Waals surface area contributed by atoms with Gasteiger partial charge in [0.2, 0.25) is 0 Å². The third-order valence-electron chi connectivity index (χ3n) is 3.13. The summed E-state index contributed by atoms with van der Waals surface area (Å²) in [4.78, 5) is 28.8. The van der Waals surface area contributed by atoms with Gasteiger partial charge in [0, 0.05) is 10.9 Å². The van der Waals surface area contributed by atoms with Gasteiger partial charge in [-0.15, -0.1) is 0 Å². The molecule has 0 radical (unpaired) electrons. The normalized spacial score (nSPS) is 15.9. The van der Waals surface area contributed by atoms with Crippen LogP contribution < -0.4 is 0 Å². The summed E-state index contributed by atoms with van der Waals surface area (Å²) in [6, 6.07) is 9.38. The Bertz CT molecular complexity index is 686. The van der Waals surface area contributed by atoms with E-state index in [1.165, 1.54) is 0 Å². The molecule has 1 aliphatic rings. The summed E-state index contributed by atoms with van der Waals surface area (Å²) in [6.07, 6.45) is 0. The molecule has 0 unspecified atom stereocenters. The summed E-state index contributed by atoms with van der Waals surface area (Å²) in [6.45, 7) is -0.0353. The Morgan fingerprint density at radius 2 is 1.90 bits per heavy atom. The summed E-state index contributed by atoms with van der Waals surface area (Å²) < 4.78 is 4.87. The average Bonchev–Trinajstić information content (AvgIpc) is 2.43. The highest BCUT2D eigenvalue weighted by molar-refractivity contribution is 6.30. The lowest BCUT2D eigenvalue weighted by atomic mass is 10.1. The molecule has 5 nitrogen and oxygen atoms in total. The van der Waals surface area contributed by atoms with Gasteiger partial charge < -0.3 is 4.74 Å². The second-order valence-corrected chi connectivity index (χ2v) is 4.86. The third kappa shape index (κ3) is 2.37. The first-order valence-electron chi connectivity index (χ1n) is 6.10. The standard InChI is InChI=1S/C14H11ClN2O3/c15-14-10(5-9-3-1-2-4-11(9)16-14)6-17-12(18)7-20-8-13(17)19/h1-5H,6-8H2. The SMILES string of the molecule is O=C1COCC(=O)N1Cc1cc2ccccc2nc1Cl. The van der Waals surface area contributed by atoms with Gasteiger partial charge >= 0.3 is 0 Å². The fraction of sp³-hybridized carbons (Fsp3) is 0.214. The average molecular weight is 291 g/mol. The molecule has 0 atom stereocenters. The van der Waals surface area contributed by atoms with Gasteiger partial charge in [-0.2, -0.15) is 0 Å². The van der Waals surface area contributed by atoms with E-state index in [0.717, 1.165) is 15.8 Å². The van der Waals surface area contributed by atoms with Crippen LogP contribution in [0.25, 0.3) is 10.9 Å². The Morgan fingerprint density at radius 1 is 1.20 bits per heavy atom. The zero-order chi connectivity index (χ0) is 14.1. The number of rotatable bonds is 2. The monoisotopic (exact) mass is 290 g/mol. The number of morpholine rings is 1. The van der Waals surface area contributed by atoms with Crippen LogP contribution in [0.15, 0.2) is 30.3 Å². The zero-order valence-corrected chi connectivity index (χ0v) is 11.3. The molecule has 0 spiro atoms. The number of hydrogen-bond acceptors (Lipinski definition) is 4. The molecule has 0 saturated carbocycles. The molecule has 2 aromatic rings.